The predicted octanol–water partition coefficient (Wildman–Crippen LogP) is 5.20. The van der Waals surface area contributed by atoms with Gasteiger partial charge in [0.25, 0.3) is 11.7 Å². The summed E-state index contributed by atoms with van der Waals surface area (Å²) >= 11 is 0. The minimum Gasteiger partial charge on any atom is -0.507 e. The van der Waals surface area contributed by atoms with Gasteiger partial charge in [-0.3, -0.25) is 14.5 Å². The van der Waals surface area contributed by atoms with Crippen LogP contribution in [-0.2, 0) is 16.0 Å². The van der Waals surface area contributed by atoms with Crippen molar-refractivity contribution in [3.63, 3.8) is 0 Å². The van der Waals surface area contributed by atoms with Gasteiger partial charge in [-0.2, -0.15) is 0 Å². The molecule has 6 nitrogen and oxygen atoms in total. The normalized spacial score (nSPS) is 17.2. The third-order valence-electron chi connectivity index (χ3n) is 6.19. The van der Waals surface area contributed by atoms with E-state index in [4.69, 9.17) is 9.47 Å². The lowest BCUT2D eigenvalue weighted by atomic mass is 9.93. The van der Waals surface area contributed by atoms with Gasteiger partial charge in [-0.05, 0) is 60.9 Å². The van der Waals surface area contributed by atoms with Gasteiger partial charge in [0.1, 0.15) is 17.3 Å². The Morgan fingerprint density at radius 1 is 0.971 bits per heavy atom. The molecule has 1 fully saturated rings. The van der Waals surface area contributed by atoms with Gasteiger partial charge in [0, 0.05) is 16.8 Å². The molecule has 3 aromatic rings. The van der Waals surface area contributed by atoms with Crippen molar-refractivity contribution in [3.8, 4) is 11.5 Å². The number of hydrogen-bond donors (Lipinski definition) is 1. The second kappa shape index (κ2) is 9.43. The van der Waals surface area contributed by atoms with E-state index < -0.39 is 17.7 Å². The van der Waals surface area contributed by atoms with Gasteiger partial charge in [-0.15, -0.1) is 0 Å². The lowest BCUT2D eigenvalue weighted by molar-refractivity contribution is -0.132. The molecule has 0 saturated carbocycles. The first kappa shape index (κ1) is 23.1. The number of carbonyl (C=O) groups excluding carboxylic acids is 2. The number of aliphatic hydroxyl groups excluding tert-OH is 1. The Hall–Kier alpha value is -4.06. The van der Waals surface area contributed by atoms with Crippen molar-refractivity contribution >= 4 is 23.1 Å². The van der Waals surface area contributed by atoms with Gasteiger partial charge >= 0.3 is 0 Å². The highest BCUT2D eigenvalue weighted by molar-refractivity contribution is 6.51. The Morgan fingerprint density at radius 3 is 2.29 bits per heavy atom. The van der Waals surface area contributed by atoms with Crippen molar-refractivity contribution in [1.29, 1.82) is 0 Å². The summed E-state index contributed by atoms with van der Waals surface area (Å²) in [5, 5.41) is 11.4. The van der Waals surface area contributed by atoms with E-state index >= 15 is 0 Å². The van der Waals surface area contributed by atoms with Crippen LogP contribution in [0.2, 0.25) is 0 Å². The number of rotatable bonds is 6. The number of benzene rings is 3. The lowest BCUT2D eigenvalue weighted by Gasteiger charge is -2.27. The maximum absolute atomic E-state index is 13.4. The van der Waals surface area contributed by atoms with Crippen molar-refractivity contribution in [2.45, 2.75) is 26.3 Å². The van der Waals surface area contributed by atoms with Crippen molar-refractivity contribution in [3.05, 3.63) is 94.6 Å². The number of ketones is 1. The average molecular weight is 458 g/mol. The fraction of sp³-hybridized carbons (Fsp3) is 0.214. The summed E-state index contributed by atoms with van der Waals surface area (Å²) in [4.78, 5) is 28.2. The van der Waals surface area contributed by atoms with Crippen LogP contribution in [0.4, 0.5) is 5.69 Å². The summed E-state index contributed by atoms with van der Waals surface area (Å²) in [6, 6.07) is 19.0. The number of anilines is 1. The van der Waals surface area contributed by atoms with E-state index in [1.807, 2.05) is 50.2 Å². The van der Waals surface area contributed by atoms with Crippen molar-refractivity contribution in [1.82, 2.24) is 0 Å². The molecule has 1 unspecified atom stereocenters. The van der Waals surface area contributed by atoms with Crippen LogP contribution in [0.1, 0.15) is 35.2 Å². The Morgan fingerprint density at radius 2 is 1.68 bits per heavy atom. The summed E-state index contributed by atoms with van der Waals surface area (Å²) in [6.07, 6.45) is 0.853. The first-order valence-electron chi connectivity index (χ1n) is 11.1. The predicted molar refractivity (Wildman–Crippen MR) is 131 cm³/mol. The van der Waals surface area contributed by atoms with E-state index in [2.05, 4.69) is 0 Å². The molecule has 0 bridgehead atoms. The number of hydrogen-bond acceptors (Lipinski definition) is 5. The standard InChI is InChI=1S/C28H27NO5/c1-5-18-10-12-19(13-11-18)29-25(22-8-6-7-9-23(22)34-4)24(27(31)28(29)32)26(30)21-15-14-20(33-3)16-17(21)2/h6-16,25,30H,5H2,1-4H3/b26-24+. The molecule has 1 saturated heterocycles. The number of ether oxygens (including phenoxy) is 2. The van der Waals surface area contributed by atoms with E-state index in [0.29, 0.717) is 33.9 Å². The lowest BCUT2D eigenvalue weighted by Crippen LogP contribution is -2.29. The van der Waals surface area contributed by atoms with Crippen LogP contribution in [0, 0.1) is 6.92 Å². The fourth-order valence-electron chi connectivity index (χ4n) is 4.35. The van der Waals surface area contributed by atoms with Gasteiger partial charge in [-0.25, -0.2) is 0 Å². The minimum absolute atomic E-state index is 0.0161. The number of nitrogens with zero attached hydrogens (tertiary/aromatic N) is 1. The van der Waals surface area contributed by atoms with Gasteiger partial charge in [0.15, 0.2) is 0 Å². The molecule has 1 aliphatic rings. The number of Topliss-reactive ketones (excluding diaryl/α,β-unsaturated/α-hetero) is 1. The number of amides is 1. The SMILES string of the molecule is CCc1ccc(N2C(=O)C(=O)/C(=C(/O)c3ccc(OC)cc3C)C2c2ccccc2OC)cc1. The van der Waals surface area contributed by atoms with E-state index in [9.17, 15) is 14.7 Å². The zero-order valence-corrected chi connectivity index (χ0v) is 19.7. The van der Waals surface area contributed by atoms with Crippen LogP contribution in [0.25, 0.3) is 5.76 Å². The number of aryl methyl sites for hydroxylation is 2. The van der Waals surface area contributed by atoms with Gasteiger partial charge in [0.05, 0.1) is 25.8 Å². The van der Waals surface area contributed by atoms with Crippen LogP contribution in [-0.4, -0.2) is 31.0 Å². The molecule has 0 radical (unpaired) electrons. The number of carbonyl (C=O) groups is 2. The Kier molecular flexibility index (Phi) is 6.41. The molecule has 6 heteroatoms. The highest BCUT2D eigenvalue weighted by atomic mass is 16.5. The molecule has 3 aromatic carbocycles. The second-order valence-electron chi connectivity index (χ2n) is 8.11. The zero-order chi connectivity index (χ0) is 24.4. The number of aliphatic hydroxyl groups is 1. The Balaban J connectivity index is 1.97. The molecular formula is C28H27NO5. The summed E-state index contributed by atoms with van der Waals surface area (Å²) in [7, 11) is 3.10. The van der Waals surface area contributed by atoms with Crippen molar-refractivity contribution in [2.75, 3.05) is 19.1 Å². The summed E-state index contributed by atoms with van der Waals surface area (Å²) in [6.45, 7) is 3.86. The molecule has 1 amide bonds. The minimum atomic E-state index is -0.856. The number of para-hydroxylation sites is 1. The summed E-state index contributed by atoms with van der Waals surface area (Å²) in [5.41, 5.74) is 3.48. The monoisotopic (exact) mass is 457 g/mol. The Labute approximate surface area is 199 Å². The molecule has 0 spiro atoms. The van der Waals surface area contributed by atoms with Crippen molar-refractivity contribution in [2.24, 2.45) is 0 Å². The summed E-state index contributed by atoms with van der Waals surface area (Å²) in [5.74, 6) is -0.535. The third-order valence-corrected chi connectivity index (χ3v) is 6.19. The van der Waals surface area contributed by atoms with Crippen LogP contribution in [0.5, 0.6) is 11.5 Å². The molecule has 4 rings (SSSR count). The van der Waals surface area contributed by atoms with Crippen LogP contribution in [0.15, 0.2) is 72.3 Å². The van der Waals surface area contributed by atoms with E-state index in [-0.39, 0.29) is 11.3 Å². The Bertz CT molecular complexity index is 1280. The first-order valence-corrected chi connectivity index (χ1v) is 11.1. The molecular weight excluding hydrogens is 430 g/mol. The molecule has 1 heterocycles. The topological polar surface area (TPSA) is 76.1 Å². The molecule has 34 heavy (non-hydrogen) atoms. The van der Waals surface area contributed by atoms with E-state index in [0.717, 1.165) is 12.0 Å². The number of methoxy groups -OCH3 is 2. The van der Waals surface area contributed by atoms with Gasteiger partial charge < -0.3 is 14.6 Å². The summed E-state index contributed by atoms with van der Waals surface area (Å²) < 4.78 is 10.8. The quantitative estimate of drug-likeness (QED) is 0.313. The van der Waals surface area contributed by atoms with E-state index in [1.54, 1.807) is 37.4 Å². The zero-order valence-electron chi connectivity index (χ0n) is 19.7. The van der Waals surface area contributed by atoms with Gasteiger partial charge in [0.2, 0.25) is 0 Å². The highest BCUT2D eigenvalue weighted by Crippen LogP contribution is 2.45. The molecule has 174 valence electrons. The van der Waals surface area contributed by atoms with E-state index in [1.165, 1.54) is 12.0 Å². The third kappa shape index (κ3) is 3.92. The molecule has 1 N–H and O–H groups in total. The van der Waals surface area contributed by atoms with Gasteiger partial charge in [-0.1, -0.05) is 37.3 Å². The first-order chi connectivity index (χ1) is 16.4. The smallest absolute Gasteiger partial charge is 0.300 e. The maximum Gasteiger partial charge on any atom is 0.300 e. The highest BCUT2D eigenvalue weighted by Gasteiger charge is 2.48. The largest absolute Gasteiger partial charge is 0.507 e. The van der Waals surface area contributed by atoms with Crippen LogP contribution < -0.4 is 14.4 Å². The molecule has 0 aliphatic carbocycles. The molecule has 1 atom stereocenters. The van der Waals surface area contributed by atoms with Crippen molar-refractivity contribution < 1.29 is 24.2 Å². The fourth-order valence-corrected chi connectivity index (χ4v) is 4.35. The molecule has 0 aromatic heterocycles. The van der Waals surface area contributed by atoms with Crippen LogP contribution >= 0.6 is 0 Å². The average Bonchev–Trinajstić information content (AvgIpc) is 3.13. The second-order valence-corrected chi connectivity index (χ2v) is 8.11. The maximum atomic E-state index is 13.4. The molecule has 1 aliphatic heterocycles. The van der Waals surface area contributed by atoms with Crippen LogP contribution in [0.3, 0.4) is 0 Å².